The van der Waals surface area contributed by atoms with E-state index in [0.29, 0.717) is 22.1 Å². The van der Waals surface area contributed by atoms with Gasteiger partial charge in [0.2, 0.25) is 0 Å². The second-order valence-corrected chi connectivity index (χ2v) is 5.77. The summed E-state index contributed by atoms with van der Waals surface area (Å²) in [5.74, 6) is -0.904. The van der Waals surface area contributed by atoms with Gasteiger partial charge in [0, 0.05) is 5.69 Å². The molecule has 0 atom stereocenters. The van der Waals surface area contributed by atoms with E-state index in [0.717, 1.165) is 12.1 Å². The minimum Gasteiger partial charge on any atom is -0.477 e. The molecule has 0 bridgehead atoms. The van der Waals surface area contributed by atoms with Crippen LogP contribution in [-0.2, 0) is 6.42 Å². The predicted molar refractivity (Wildman–Crippen MR) is 82.3 cm³/mol. The molecule has 2 N–H and O–H groups in total. The molecule has 0 spiro atoms. The van der Waals surface area contributed by atoms with E-state index in [-0.39, 0.29) is 0 Å². The van der Waals surface area contributed by atoms with Crippen molar-refractivity contribution in [3.8, 4) is 0 Å². The number of nitrogens with one attached hydrogen (secondary N) is 1. The molecular weight excluding hydrogens is 272 g/mol. The lowest BCUT2D eigenvalue weighted by Crippen LogP contribution is -1.98. The standard InChI is InChI=1S/C15H18N2O2S/c1-4-5-12-13(14(18)19)20-15(17-12)16-11-7-6-9(2)10(3)8-11/h6-8H,4-5H2,1-3H3,(H,16,17)(H,18,19). The number of anilines is 2. The summed E-state index contributed by atoms with van der Waals surface area (Å²) in [5, 5.41) is 13.0. The van der Waals surface area contributed by atoms with E-state index in [1.54, 1.807) is 0 Å². The first-order valence-corrected chi connectivity index (χ1v) is 7.40. The number of nitrogens with zero attached hydrogens (tertiary/aromatic N) is 1. The van der Waals surface area contributed by atoms with Crippen molar-refractivity contribution >= 4 is 28.1 Å². The third-order valence-electron chi connectivity index (χ3n) is 3.14. The topological polar surface area (TPSA) is 62.2 Å². The summed E-state index contributed by atoms with van der Waals surface area (Å²) in [6.45, 7) is 6.12. The average Bonchev–Trinajstić information content (AvgIpc) is 2.77. The number of carbonyl (C=O) groups is 1. The largest absolute Gasteiger partial charge is 0.477 e. The van der Waals surface area contributed by atoms with Crippen LogP contribution in [0.3, 0.4) is 0 Å². The number of aromatic nitrogens is 1. The highest BCUT2D eigenvalue weighted by Gasteiger charge is 2.16. The van der Waals surface area contributed by atoms with Gasteiger partial charge in [-0.15, -0.1) is 0 Å². The van der Waals surface area contributed by atoms with Gasteiger partial charge >= 0.3 is 5.97 Å². The van der Waals surface area contributed by atoms with Gasteiger partial charge in [-0.3, -0.25) is 0 Å². The van der Waals surface area contributed by atoms with Crippen molar-refractivity contribution in [2.75, 3.05) is 5.32 Å². The molecule has 1 heterocycles. The highest BCUT2D eigenvalue weighted by Crippen LogP contribution is 2.27. The number of carboxylic acid groups (broad SMARTS) is 1. The maximum atomic E-state index is 11.2. The maximum absolute atomic E-state index is 11.2. The average molecular weight is 290 g/mol. The SMILES string of the molecule is CCCc1nc(Nc2ccc(C)c(C)c2)sc1C(=O)O. The van der Waals surface area contributed by atoms with Crippen LogP contribution in [0.1, 0.15) is 39.8 Å². The lowest BCUT2D eigenvalue weighted by molar-refractivity contribution is 0.0700. The van der Waals surface area contributed by atoms with Crippen LogP contribution >= 0.6 is 11.3 Å². The van der Waals surface area contributed by atoms with E-state index in [1.165, 1.54) is 22.5 Å². The van der Waals surface area contributed by atoms with Gasteiger partial charge in [-0.1, -0.05) is 30.7 Å². The number of thiazole rings is 1. The van der Waals surface area contributed by atoms with Gasteiger partial charge in [0.05, 0.1) is 5.69 Å². The number of aryl methyl sites for hydroxylation is 3. The van der Waals surface area contributed by atoms with Crippen molar-refractivity contribution in [2.24, 2.45) is 0 Å². The van der Waals surface area contributed by atoms with Crippen molar-refractivity contribution in [1.82, 2.24) is 4.98 Å². The molecule has 0 saturated carbocycles. The van der Waals surface area contributed by atoms with Crippen molar-refractivity contribution < 1.29 is 9.90 Å². The van der Waals surface area contributed by atoms with Crippen LogP contribution in [0.25, 0.3) is 0 Å². The van der Waals surface area contributed by atoms with Gasteiger partial charge in [0.15, 0.2) is 5.13 Å². The fourth-order valence-electron chi connectivity index (χ4n) is 1.92. The fourth-order valence-corrected chi connectivity index (χ4v) is 2.79. The monoisotopic (exact) mass is 290 g/mol. The zero-order chi connectivity index (χ0) is 14.7. The first-order chi connectivity index (χ1) is 9.51. The van der Waals surface area contributed by atoms with Crippen LogP contribution < -0.4 is 5.32 Å². The normalized spacial score (nSPS) is 10.6. The molecule has 0 saturated heterocycles. The summed E-state index contributed by atoms with van der Waals surface area (Å²) >= 11 is 1.19. The quantitative estimate of drug-likeness (QED) is 0.868. The molecule has 0 aliphatic carbocycles. The Labute approximate surface area is 122 Å². The fraction of sp³-hybridized carbons (Fsp3) is 0.333. The molecule has 0 amide bonds. The van der Waals surface area contributed by atoms with Crippen molar-refractivity contribution in [2.45, 2.75) is 33.6 Å². The van der Waals surface area contributed by atoms with Crippen molar-refractivity contribution in [3.63, 3.8) is 0 Å². The van der Waals surface area contributed by atoms with Crippen molar-refractivity contribution in [1.29, 1.82) is 0 Å². The Morgan fingerprint density at radius 3 is 2.70 bits per heavy atom. The molecule has 1 aromatic heterocycles. The Kier molecular flexibility index (Phi) is 4.39. The number of carboxylic acids is 1. The molecular formula is C15H18N2O2S. The van der Waals surface area contributed by atoms with Crippen LogP contribution in [0.4, 0.5) is 10.8 Å². The van der Waals surface area contributed by atoms with E-state index >= 15 is 0 Å². The van der Waals surface area contributed by atoms with Gasteiger partial charge in [0.1, 0.15) is 4.88 Å². The molecule has 1 aromatic carbocycles. The minimum atomic E-state index is -0.904. The zero-order valence-corrected chi connectivity index (χ0v) is 12.7. The molecule has 0 fully saturated rings. The summed E-state index contributed by atoms with van der Waals surface area (Å²) in [4.78, 5) is 15.9. The van der Waals surface area contributed by atoms with Gasteiger partial charge in [0.25, 0.3) is 0 Å². The first-order valence-electron chi connectivity index (χ1n) is 6.58. The molecule has 0 aliphatic rings. The van der Waals surface area contributed by atoms with Crippen molar-refractivity contribution in [3.05, 3.63) is 39.9 Å². The summed E-state index contributed by atoms with van der Waals surface area (Å²) in [7, 11) is 0. The van der Waals surface area contributed by atoms with Crippen LogP contribution in [0.2, 0.25) is 0 Å². The van der Waals surface area contributed by atoms with Gasteiger partial charge < -0.3 is 10.4 Å². The number of aromatic carboxylic acids is 1. The van der Waals surface area contributed by atoms with Crippen LogP contribution in [0.5, 0.6) is 0 Å². The molecule has 106 valence electrons. The van der Waals surface area contributed by atoms with Crippen LogP contribution in [0.15, 0.2) is 18.2 Å². The summed E-state index contributed by atoms with van der Waals surface area (Å²) < 4.78 is 0. The zero-order valence-electron chi connectivity index (χ0n) is 11.9. The molecule has 20 heavy (non-hydrogen) atoms. The van der Waals surface area contributed by atoms with E-state index in [1.807, 2.05) is 32.0 Å². The Hall–Kier alpha value is -1.88. The highest BCUT2D eigenvalue weighted by atomic mass is 32.1. The van der Waals surface area contributed by atoms with Gasteiger partial charge in [-0.25, -0.2) is 9.78 Å². The lowest BCUT2D eigenvalue weighted by atomic mass is 10.1. The molecule has 2 aromatic rings. The second kappa shape index (κ2) is 6.05. The van der Waals surface area contributed by atoms with E-state index in [4.69, 9.17) is 0 Å². The molecule has 2 rings (SSSR count). The van der Waals surface area contributed by atoms with E-state index in [2.05, 4.69) is 17.2 Å². The molecule has 4 nitrogen and oxygen atoms in total. The lowest BCUT2D eigenvalue weighted by Gasteiger charge is -2.05. The molecule has 5 heteroatoms. The summed E-state index contributed by atoms with van der Waals surface area (Å²) in [6.07, 6.45) is 1.57. The van der Waals surface area contributed by atoms with Crippen LogP contribution in [-0.4, -0.2) is 16.1 Å². The summed E-state index contributed by atoms with van der Waals surface area (Å²) in [5.41, 5.74) is 4.02. The second-order valence-electron chi connectivity index (χ2n) is 4.77. The van der Waals surface area contributed by atoms with E-state index < -0.39 is 5.97 Å². The third kappa shape index (κ3) is 3.17. The smallest absolute Gasteiger partial charge is 0.347 e. The Balaban J connectivity index is 2.26. The maximum Gasteiger partial charge on any atom is 0.347 e. The number of hydrogen-bond donors (Lipinski definition) is 2. The summed E-state index contributed by atoms with van der Waals surface area (Å²) in [6, 6.07) is 6.05. The molecule has 0 unspecified atom stereocenters. The number of hydrogen-bond acceptors (Lipinski definition) is 4. The predicted octanol–water partition coefficient (Wildman–Crippen LogP) is 4.15. The van der Waals surface area contributed by atoms with E-state index in [9.17, 15) is 9.90 Å². The van der Waals surface area contributed by atoms with Crippen LogP contribution in [0, 0.1) is 13.8 Å². The Bertz CT molecular complexity index is 635. The van der Waals surface area contributed by atoms with Gasteiger partial charge in [-0.2, -0.15) is 0 Å². The number of benzene rings is 1. The minimum absolute atomic E-state index is 0.332. The van der Waals surface area contributed by atoms with Gasteiger partial charge in [-0.05, 0) is 43.5 Å². The third-order valence-corrected chi connectivity index (χ3v) is 4.14. The first kappa shape index (κ1) is 14.5. The molecule has 0 radical (unpaired) electrons. The Morgan fingerprint density at radius 2 is 2.10 bits per heavy atom. The highest BCUT2D eigenvalue weighted by molar-refractivity contribution is 7.17. The Morgan fingerprint density at radius 1 is 1.35 bits per heavy atom. The number of rotatable bonds is 5. The molecule has 0 aliphatic heterocycles.